The van der Waals surface area contributed by atoms with E-state index in [1.807, 2.05) is 0 Å². The van der Waals surface area contributed by atoms with Gasteiger partial charge in [0.15, 0.2) is 0 Å². The average Bonchev–Trinajstić information content (AvgIpc) is 2.54. The molecule has 0 rings (SSSR count). The molecule has 2 nitrogen and oxygen atoms in total. The topological polar surface area (TPSA) is 26.3 Å². The summed E-state index contributed by atoms with van der Waals surface area (Å²) in [5, 5.41) is 0. The van der Waals surface area contributed by atoms with Gasteiger partial charge in [-0.1, -0.05) is 99.3 Å². The van der Waals surface area contributed by atoms with Gasteiger partial charge in [-0.25, -0.2) is 0 Å². The van der Waals surface area contributed by atoms with Crippen molar-refractivity contribution >= 4 is 28.6 Å². The number of rotatable bonds is 16. The zero-order valence-electron chi connectivity index (χ0n) is 14.5. The normalized spacial score (nSPS) is 11.2. The summed E-state index contributed by atoms with van der Waals surface area (Å²) >= 11 is 2.29. The summed E-state index contributed by atoms with van der Waals surface area (Å²) in [7, 11) is 1.46. The molecular formula is C19H35IO2. The molecule has 130 valence electrons. The van der Waals surface area contributed by atoms with Crippen molar-refractivity contribution in [2.45, 2.75) is 96.3 Å². The van der Waals surface area contributed by atoms with Gasteiger partial charge in [0.25, 0.3) is 0 Å². The number of esters is 1. The van der Waals surface area contributed by atoms with Crippen LogP contribution in [0.3, 0.4) is 0 Å². The fraction of sp³-hybridized carbons (Fsp3) is 0.842. The van der Waals surface area contributed by atoms with Crippen LogP contribution in [-0.2, 0) is 9.53 Å². The quantitative estimate of drug-likeness (QED) is 0.153. The third-order valence-electron chi connectivity index (χ3n) is 4.07. The van der Waals surface area contributed by atoms with Crippen LogP contribution in [0.4, 0.5) is 0 Å². The summed E-state index contributed by atoms with van der Waals surface area (Å²) < 4.78 is 6.75. The molecule has 0 bridgehead atoms. The highest BCUT2D eigenvalue weighted by Crippen LogP contribution is 2.13. The molecule has 0 aromatic carbocycles. The number of carbonyl (C=O) groups excluding carboxylic acids is 1. The van der Waals surface area contributed by atoms with Crippen LogP contribution in [0.1, 0.15) is 96.3 Å². The summed E-state index contributed by atoms with van der Waals surface area (Å²) in [6, 6.07) is 0. The number of allylic oxidation sites excluding steroid dienone is 1. The molecule has 3 heteroatoms. The second-order valence-electron chi connectivity index (χ2n) is 6.07. The van der Waals surface area contributed by atoms with Gasteiger partial charge in [-0.15, -0.1) is 0 Å². The van der Waals surface area contributed by atoms with Crippen molar-refractivity contribution < 1.29 is 9.53 Å². The van der Waals surface area contributed by atoms with Crippen molar-refractivity contribution in [2.75, 3.05) is 7.11 Å². The second-order valence-corrected chi connectivity index (χ2v) is 6.79. The maximum Gasteiger partial charge on any atom is 0.305 e. The van der Waals surface area contributed by atoms with E-state index in [4.69, 9.17) is 0 Å². The van der Waals surface area contributed by atoms with Gasteiger partial charge in [0.1, 0.15) is 0 Å². The molecule has 0 aromatic rings. The molecule has 0 spiro atoms. The minimum Gasteiger partial charge on any atom is -0.469 e. The molecule has 0 radical (unpaired) electrons. The molecule has 0 aliphatic rings. The van der Waals surface area contributed by atoms with Gasteiger partial charge in [0, 0.05) is 6.42 Å². The Morgan fingerprint density at radius 3 is 1.59 bits per heavy atom. The minimum absolute atomic E-state index is 0.0681. The Morgan fingerprint density at radius 1 is 0.773 bits per heavy atom. The minimum atomic E-state index is -0.0681. The monoisotopic (exact) mass is 422 g/mol. The predicted octanol–water partition coefficient (Wildman–Crippen LogP) is 6.96. The molecule has 0 amide bonds. The van der Waals surface area contributed by atoms with E-state index in [1.54, 1.807) is 0 Å². The fourth-order valence-electron chi connectivity index (χ4n) is 2.64. The summed E-state index contributed by atoms with van der Waals surface area (Å²) in [6.07, 6.45) is 21.4. The number of unbranched alkanes of at least 4 members (excludes halogenated alkanes) is 13. The van der Waals surface area contributed by atoms with Gasteiger partial charge in [-0.05, 0) is 23.3 Å². The van der Waals surface area contributed by atoms with Gasteiger partial charge in [-0.3, -0.25) is 4.79 Å². The van der Waals surface area contributed by atoms with Crippen molar-refractivity contribution in [1.29, 1.82) is 0 Å². The lowest BCUT2D eigenvalue weighted by atomic mass is 10.0. The molecule has 0 aliphatic carbocycles. The van der Waals surface area contributed by atoms with Gasteiger partial charge in [0.2, 0.25) is 0 Å². The SMILES string of the molecule is COC(=O)CCCCCCCCCCCCCCC/C=C/I. The highest BCUT2D eigenvalue weighted by atomic mass is 127. The lowest BCUT2D eigenvalue weighted by molar-refractivity contribution is -0.140. The van der Waals surface area contributed by atoms with Gasteiger partial charge >= 0.3 is 5.97 Å². The maximum absolute atomic E-state index is 10.9. The molecule has 0 saturated heterocycles. The number of ether oxygens (including phenoxy) is 1. The third kappa shape index (κ3) is 18.0. The summed E-state index contributed by atoms with van der Waals surface area (Å²) in [5.74, 6) is -0.0681. The number of carbonyl (C=O) groups is 1. The highest BCUT2D eigenvalue weighted by molar-refractivity contribution is 14.1. The number of methoxy groups -OCH3 is 1. The predicted molar refractivity (Wildman–Crippen MR) is 104 cm³/mol. The Bertz CT molecular complexity index is 264. The molecular weight excluding hydrogens is 387 g/mol. The molecule has 22 heavy (non-hydrogen) atoms. The van der Waals surface area contributed by atoms with Crippen LogP contribution in [0, 0.1) is 0 Å². The number of hydrogen-bond acceptors (Lipinski definition) is 2. The Hall–Kier alpha value is -0.0600. The Labute approximate surface area is 151 Å². The van der Waals surface area contributed by atoms with E-state index < -0.39 is 0 Å². The second kappa shape index (κ2) is 19.0. The third-order valence-corrected chi connectivity index (χ3v) is 4.58. The van der Waals surface area contributed by atoms with Crippen molar-refractivity contribution in [2.24, 2.45) is 0 Å². The van der Waals surface area contributed by atoms with E-state index in [-0.39, 0.29) is 5.97 Å². The highest BCUT2D eigenvalue weighted by Gasteiger charge is 1.99. The van der Waals surface area contributed by atoms with E-state index in [9.17, 15) is 4.79 Å². The first-order valence-corrected chi connectivity index (χ1v) is 10.4. The fourth-order valence-corrected chi connectivity index (χ4v) is 3.00. The van der Waals surface area contributed by atoms with Crippen LogP contribution in [0.5, 0.6) is 0 Å². The summed E-state index contributed by atoms with van der Waals surface area (Å²) in [4.78, 5) is 10.9. The molecule has 0 heterocycles. The van der Waals surface area contributed by atoms with E-state index in [2.05, 4.69) is 37.5 Å². The molecule has 0 fully saturated rings. The zero-order chi connectivity index (χ0) is 16.3. The van der Waals surface area contributed by atoms with Crippen LogP contribution in [-0.4, -0.2) is 13.1 Å². The van der Waals surface area contributed by atoms with Crippen LogP contribution >= 0.6 is 22.6 Å². The first-order valence-electron chi connectivity index (χ1n) is 9.13. The molecule has 0 aromatic heterocycles. The largest absolute Gasteiger partial charge is 0.469 e. The maximum atomic E-state index is 10.9. The molecule has 0 atom stereocenters. The Morgan fingerprint density at radius 2 is 1.18 bits per heavy atom. The Balaban J connectivity index is 3.01. The smallest absolute Gasteiger partial charge is 0.305 e. The zero-order valence-corrected chi connectivity index (χ0v) is 16.6. The van der Waals surface area contributed by atoms with Crippen molar-refractivity contribution in [3.05, 3.63) is 10.2 Å². The van der Waals surface area contributed by atoms with E-state index in [1.165, 1.54) is 90.6 Å². The Kier molecular flexibility index (Phi) is 18.9. The van der Waals surface area contributed by atoms with Crippen molar-refractivity contribution in [1.82, 2.24) is 0 Å². The summed E-state index contributed by atoms with van der Waals surface area (Å²) in [5.41, 5.74) is 0. The lowest BCUT2D eigenvalue weighted by Gasteiger charge is -2.03. The molecule has 0 saturated carbocycles. The molecule has 0 unspecified atom stereocenters. The van der Waals surface area contributed by atoms with Crippen LogP contribution in [0.25, 0.3) is 0 Å². The average molecular weight is 422 g/mol. The first-order chi connectivity index (χ1) is 10.8. The van der Waals surface area contributed by atoms with Crippen LogP contribution in [0.2, 0.25) is 0 Å². The van der Waals surface area contributed by atoms with Crippen LogP contribution in [0.15, 0.2) is 10.2 Å². The molecule has 0 aliphatic heterocycles. The van der Waals surface area contributed by atoms with E-state index >= 15 is 0 Å². The van der Waals surface area contributed by atoms with E-state index in [0.29, 0.717) is 6.42 Å². The van der Waals surface area contributed by atoms with Crippen molar-refractivity contribution in [3.8, 4) is 0 Å². The standard InChI is InChI=1S/C19H35IO2/c1-22-19(21)17-15-13-11-9-7-5-3-2-4-6-8-10-12-14-16-18-20/h16,18H,2-15,17H2,1H3/b18-16+. The lowest BCUT2D eigenvalue weighted by Crippen LogP contribution is -1.99. The van der Waals surface area contributed by atoms with Crippen molar-refractivity contribution in [3.63, 3.8) is 0 Å². The number of halogens is 1. The first kappa shape index (κ1) is 21.9. The van der Waals surface area contributed by atoms with Gasteiger partial charge in [-0.2, -0.15) is 0 Å². The molecule has 0 N–H and O–H groups in total. The van der Waals surface area contributed by atoms with E-state index in [0.717, 1.165) is 6.42 Å². The van der Waals surface area contributed by atoms with Gasteiger partial charge in [0.05, 0.1) is 7.11 Å². The summed E-state index contributed by atoms with van der Waals surface area (Å²) in [6.45, 7) is 0. The van der Waals surface area contributed by atoms with Gasteiger partial charge < -0.3 is 4.74 Å². The van der Waals surface area contributed by atoms with Crippen LogP contribution < -0.4 is 0 Å². The number of hydrogen-bond donors (Lipinski definition) is 0.